The molecule has 1 rings (SSSR count). The molecule has 0 fully saturated rings. The van der Waals surface area contributed by atoms with Gasteiger partial charge in [-0.2, -0.15) is 0 Å². The van der Waals surface area contributed by atoms with Crippen LogP contribution in [-0.4, -0.2) is 11.1 Å². The molecule has 0 saturated carbocycles. The van der Waals surface area contributed by atoms with Crippen molar-refractivity contribution in [2.24, 2.45) is 5.73 Å². The highest BCUT2D eigenvalue weighted by atomic mass is 35.5. The Kier molecular flexibility index (Phi) is 2.85. The Hall–Kier alpha value is -1.13. The Labute approximate surface area is 84.2 Å². The Morgan fingerprint density at radius 3 is 2.46 bits per heavy atom. The average molecular weight is 221 g/mol. The van der Waals surface area contributed by atoms with Crippen molar-refractivity contribution in [3.8, 4) is 5.75 Å². The molecule has 0 aliphatic rings. The highest BCUT2D eigenvalue weighted by Crippen LogP contribution is 2.32. The first-order valence-corrected chi connectivity index (χ1v) is 4.01. The predicted molar refractivity (Wildman–Crippen MR) is 51.3 cm³/mol. The standard InChI is InChI=1S/C7H6Cl2N2O2/c8-3-1-5(11-7(10)13)6(12)2-4(3)9/h1-2,12H,(H3,10,11,13). The van der Waals surface area contributed by atoms with E-state index in [-0.39, 0.29) is 21.5 Å². The van der Waals surface area contributed by atoms with Crippen LogP contribution in [0.25, 0.3) is 0 Å². The zero-order valence-electron chi connectivity index (χ0n) is 6.34. The van der Waals surface area contributed by atoms with E-state index in [2.05, 4.69) is 5.32 Å². The summed E-state index contributed by atoms with van der Waals surface area (Å²) >= 11 is 11.2. The maximum atomic E-state index is 10.4. The second-order valence-corrected chi connectivity index (χ2v) is 3.09. The van der Waals surface area contributed by atoms with Gasteiger partial charge in [-0.15, -0.1) is 0 Å². The molecule has 13 heavy (non-hydrogen) atoms. The molecule has 0 atom stereocenters. The van der Waals surface area contributed by atoms with Gasteiger partial charge < -0.3 is 16.2 Å². The number of benzene rings is 1. The third kappa shape index (κ3) is 2.40. The van der Waals surface area contributed by atoms with Gasteiger partial charge in [-0.25, -0.2) is 4.79 Å². The first-order chi connectivity index (χ1) is 6.00. The summed E-state index contributed by atoms with van der Waals surface area (Å²) in [6, 6.07) is 1.74. The van der Waals surface area contributed by atoms with Crippen LogP contribution in [0.15, 0.2) is 12.1 Å². The molecule has 0 saturated heterocycles. The summed E-state index contributed by atoms with van der Waals surface area (Å²) in [5, 5.41) is 11.9. The predicted octanol–water partition coefficient (Wildman–Crippen LogP) is 2.19. The number of rotatable bonds is 1. The molecule has 70 valence electrons. The van der Waals surface area contributed by atoms with Gasteiger partial charge in [-0.3, -0.25) is 0 Å². The van der Waals surface area contributed by atoms with Crippen LogP contribution in [0.1, 0.15) is 0 Å². The van der Waals surface area contributed by atoms with Crippen LogP contribution in [0, 0.1) is 0 Å². The van der Waals surface area contributed by atoms with Crippen LogP contribution < -0.4 is 11.1 Å². The minimum absolute atomic E-state index is 0.127. The quantitative estimate of drug-likeness (QED) is 0.635. The topological polar surface area (TPSA) is 75.4 Å². The van der Waals surface area contributed by atoms with Crippen molar-refractivity contribution in [3.05, 3.63) is 22.2 Å². The third-order valence-electron chi connectivity index (χ3n) is 1.30. The summed E-state index contributed by atoms with van der Waals surface area (Å²) in [6.45, 7) is 0. The molecule has 0 aliphatic heterocycles. The summed E-state index contributed by atoms with van der Waals surface area (Å²) in [7, 11) is 0. The third-order valence-corrected chi connectivity index (χ3v) is 2.02. The van der Waals surface area contributed by atoms with Crippen LogP contribution in [0.5, 0.6) is 5.75 Å². The molecule has 0 heterocycles. The second kappa shape index (κ2) is 3.72. The molecule has 0 radical (unpaired) electrons. The number of urea groups is 1. The van der Waals surface area contributed by atoms with E-state index in [9.17, 15) is 9.90 Å². The van der Waals surface area contributed by atoms with Gasteiger partial charge in [0.05, 0.1) is 15.7 Å². The molecule has 0 aliphatic carbocycles. The maximum Gasteiger partial charge on any atom is 0.316 e. The normalized spacial score (nSPS) is 9.69. The lowest BCUT2D eigenvalue weighted by atomic mass is 10.3. The van der Waals surface area contributed by atoms with Gasteiger partial charge in [-0.05, 0) is 6.07 Å². The average Bonchev–Trinajstić information content (AvgIpc) is 1.99. The number of primary amides is 1. The Morgan fingerprint density at radius 2 is 1.92 bits per heavy atom. The number of aromatic hydroxyl groups is 1. The van der Waals surface area contributed by atoms with Crippen molar-refractivity contribution in [2.45, 2.75) is 0 Å². The fourth-order valence-electron chi connectivity index (χ4n) is 0.769. The molecule has 0 aromatic heterocycles. The lowest BCUT2D eigenvalue weighted by Gasteiger charge is -2.05. The highest BCUT2D eigenvalue weighted by molar-refractivity contribution is 6.42. The number of carbonyl (C=O) groups excluding carboxylic acids is 1. The SMILES string of the molecule is NC(=O)Nc1cc(Cl)c(Cl)cc1O. The Balaban J connectivity index is 3.08. The van der Waals surface area contributed by atoms with Crippen molar-refractivity contribution in [1.29, 1.82) is 0 Å². The Morgan fingerprint density at radius 1 is 1.38 bits per heavy atom. The monoisotopic (exact) mass is 220 g/mol. The number of nitrogens with one attached hydrogen (secondary N) is 1. The number of hydrogen-bond donors (Lipinski definition) is 3. The molecular formula is C7H6Cl2N2O2. The van der Waals surface area contributed by atoms with Crippen molar-refractivity contribution in [3.63, 3.8) is 0 Å². The smallest absolute Gasteiger partial charge is 0.316 e. The van der Waals surface area contributed by atoms with Crippen LogP contribution >= 0.6 is 23.2 Å². The lowest BCUT2D eigenvalue weighted by molar-refractivity contribution is 0.259. The highest BCUT2D eigenvalue weighted by Gasteiger charge is 2.07. The van der Waals surface area contributed by atoms with E-state index in [1.807, 2.05) is 0 Å². The van der Waals surface area contributed by atoms with E-state index in [0.29, 0.717) is 0 Å². The number of nitrogens with two attached hydrogens (primary N) is 1. The maximum absolute atomic E-state index is 10.4. The summed E-state index contributed by atoms with van der Waals surface area (Å²) < 4.78 is 0. The van der Waals surface area contributed by atoms with Gasteiger partial charge in [0.25, 0.3) is 0 Å². The number of hydrogen-bond acceptors (Lipinski definition) is 2. The number of amides is 2. The fourth-order valence-corrected chi connectivity index (χ4v) is 1.09. The molecule has 6 heteroatoms. The molecule has 4 N–H and O–H groups in total. The number of carbonyl (C=O) groups is 1. The van der Waals surface area contributed by atoms with Crippen LogP contribution in [0.4, 0.5) is 10.5 Å². The first kappa shape index (κ1) is 9.95. The van der Waals surface area contributed by atoms with Gasteiger partial charge in [0.1, 0.15) is 5.75 Å². The van der Waals surface area contributed by atoms with Gasteiger partial charge in [-0.1, -0.05) is 23.2 Å². The van der Waals surface area contributed by atoms with E-state index in [0.717, 1.165) is 0 Å². The molecule has 4 nitrogen and oxygen atoms in total. The second-order valence-electron chi connectivity index (χ2n) is 2.27. The van der Waals surface area contributed by atoms with E-state index in [1.165, 1.54) is 12.1 Å². The minimum Gasteiger partial charge on any atom is -0.506 e. The van der Waals surface area contributed by atoms with Crippen molar-refractivity contribution in [2.75, 3.05) is 5.32 Å². The van der Waals surface area contributed by atoms with E-state index in [1.54, 1.807) is 0 Å². The molecule has 0 spiro atoms. The summed E-state index contributed by atoms with van der Waals surface area (Å²) in [5.41, 5.74) is 4.97. The minimum atomic E-state index is -0.784. The van der Waals surface area contributed by atoms with E-state index in [4.69, 9.17) is 28.9 Å². The molecular weight excluding hydrogens is 215 g/mol. The fraction of sp³-hybridized carbons (Fsp3) is 0. The summed E-state index contributed by atoms with van der Waals surface area (Å²) in [4.78, 5) is 10.4. The van der Waals surface area contributed by atoms with E-state index < -0.39 is 6.03 Å². The Bertz CT molecular complexity index is 355. The summed E-state index contributed by atoms with van der Waals surface area (Å²) in [6.07, 6.45) is 0. The summed E-state index contributed by atoms with van der Waals surface area (Å²) in [5.74, 6) is -0.187. The van der Waals surface area contributed by atoms with Gasteiger partial charge in [0.15, 0.2) is 0 Å². The van der Waals surface area contributed by atoms with Crippen LogP contribution in [0.2, 0.25) is 10.0 Å². The molecule has 2 amide bonds. The van der Waals surface area contributed by atoms with Crippen molar-refractivity contribution in [1.82, 2.24) is 0 Å². The molecule has 1 aromatic rings. The number of phenols is 1. The molecule has 0 bridgehead atoms. The lowest BCUT2D eigenvalue weighted by Crippen LogP contribution is -2.19. The first-order valence-electron chi connectivity index (χ1n) is 3.25. The van der Waals surface area contributed by atoms with Gasteiger partial charge in [0.2, 0.25) is 0 Å². The molecule has 1 aromatic carbocycles. The van der Waals surface area contributed by atoms with Gasteiger partial charge >= 0.3 is 6.03 Å². The number of phenolic OH excluding ortho intramolecular Hbond substituents is 1. The van der Waals surface area contributed by atoms with Crippen LogP contribution in [-0.2, 0) is 0 Å². The zero-order valence-corrected chi connectivity index (χ0v) is 7.86. The largest absolute Gasteiger partial charge is 0.506 e. The molecule has 0 unspecified atom stereocenters. The van der Waals surface area contributed by atoms with Crippen LogP contribution in [0.3, 0.4) is 0 Å². The van der Waals surface area contributed by atoms with Crippen molar-refractivity contribution >= 4 is 34.9 Å². The number of anilines is 1. The zero-order chi connectivity index (χ0) is 10.0. The van der Waals surface area contributed by atoms with Crippen molar-refractivity contribution < 1.29 is 9.90 Å². The number of halogens is 2. The van der Waals surface area contributed by atoms with Gasteiger partial charge in [0, 0.05) is 6.07 Å². The van der Waals surface area contributed by atoms with E-state index >= 15 is 0 Å².